The summed E-state index contributed by atoms with van der Waals surface area (Å²) in [5.41, 5.74) is 3.56. The van der Waals surface area contributed by atoms with Gasteiger partial charge in [-0.25, -0.2) is 8.42 Å². The highest BCUT2D eigenvalue weighted by atomic mass is 32.2. The van der Waals surface area contributed by atoms with Crippen molar-refractivity contribution in [3.8, 4) is 5.75 Å². The van der Waals surface area contributed by atoms with E-state index in [2.05, 4.69) is 0 Å². The molecule has 1 aliphatic carbocycles. The van der Waals surface area contributed by atoms with Crippen LogP contribution in [-0.2, 0) is 16.6 Å². The molecule has 1 N–H and O–H groups in total. The zero-order valence-corrected chi connectivity index (χ0v) is 14.7. The summed E-state index contributed by atoms with van der Waals surface area (Å²) in [6.45, 7) is 4.04. The fourth-order valence-corrected chi connectivity index (χ4v) is 5.24. The van der Waals surface area contributed by atoms with Gasteiger partial charge in [0.25, 0.3) is 0 Å². The molecule has 126 valence electrons. The molecular weight excluding hydrogens is 322 g/mol. The lowest BCUT2D eigenvalue weighted by Crippen LogP contribution is -2.30. The van der Waals surface area contributed by atoms with E-state index < -0.39 is 10.0 Å². The van der Waals surface area contributed by atoms with Crippen molar-refractivity contribution < 1.29 is 13.5 Å². The predicted molar refractivity (Wildman–Crippen MR) is 92.2 cm³/mol. The molecule has 2 aliphatic rings. The van der Waals surface area contributed by atoms with Crippen LogP contribution in [0.25, 0.3) is 0 Å². The van der Waals surface area contributed by atoms with E-state index >= 15 is 0 Å². The highest BCUT2D eigenvalue weighted by Gasteiger charge is 2.47. The van der Waals surface area contributed by atoms with E-state index in [1.165, 1.54) is 0 Å². The fraction of sp³-hybridized carbons (Fsp3) is 0.368. The van der Waals surface area contributed by atoms with Crippen molar-refractivity contribution in [3.05, 3.63) is 58.7 Å². The Kier molecular flexibility index (Phi) is 3.48. The molecule has 0 amide bonds. The highest BCUT2D eigenvalue weighted by molar-refractivity contribution is 7.89. The van der Waals surface area contributed by atoms with Gasteiger partial charge in [-0.3, -0.25) is 0 Å². The summed E-state index contributed by atoms with van der Waals surface area (Å²) in [6, 6.07) is 10.7. The number of fused-ring (bicyclic) bond motifs is 1. The first kappa shape index (κ1) is 15.7. The average Bonchev–Trinajstić information content (AvgIpc) is 3.31. The van der Waals surface area contributed by atoms with E-state index in [0.29, 0.717) is 10.8 Å². The molecule has 4 rings (SSSR count). The van der Waals surface area contributed by atoms with Gasteiger partial charge in [0, 0.05) is 12.1 Å². The number of phenols is 1. The molecule has 1 saturated carbocycles. The van der Waals surface area contributed by atoms with Crippen LogP contribution in [0.1, 0.15) is 41.1 Å². The van der Waals surface area contributed by atoms with Gasteiger partial charge in [0.1, 0.15) is 5.75 Å². The zero-order valence-electron chi connectivity index (χ0n) is 13.9. The molecule has 1 aliphatic heterocycles. The number of rotatable bonds is 3. The third kappa shape index (κ3) is 2.34. The van der Waals surface area contributed by atoms with Crippen molar-refractivity contribution in [2.75, 3.05) is 0 Å². The normalized spacial score (nSPS) is 21.0. The maximum atomic E-state index is 13.2. The number of nitrogens with zero attached hydrogens (tertiary/aromatic N) is 1. The Morgan fingerprint density at radius 1 is 1.04 bits per heavy atom. The van der Waals surface area contributed by atoms with E-state index in [1.807, 2.05) is 38.1 Å². The molecule has 1 heterocycles. The lowest BCUT2D eigenvalue weighted by Gasteiger charge is -2.24. The Balaban J connectivity index is 1.81. The molecule has 0 aromatic heterocycles. The van der Waals surface area contributed by atoms with Crippen LogP contribution in [0.2, 0.25) is 0 Å². The van der Waals surface area contributed by atoms with Gasteiger partial charge in [0.05, 0.1) is 10.9 Å². The smallest absolute Gasteiger partial charge is 0.243 e. The minimum absolute atomic E-state index is 0.155. The zero-order chi connectivity index (χ0) is 17.1. The molecule has 2 aromatic rings. The van der Waals surface area contributed by atoms with Crippen LogP contribution in [0, 0.1) is 19.8 Å². The Labute approximate surface area is 142 Å². The largest absolute Gasteiger partial charge is 0.507 e. The van der Waals surface area contributed by atoms with E-state index in [0.717, 1.165) is 35.1 Å². The maximum Gasteiger partial charge on any atom is 0.243 e. The second-order valence-electron chi connectivity index (χ2n) is 6.94. The van der Waals surface area contributed by atoms with Crippen molar-refractivity contribution in [2.45, 2.75) is 44.2 Å². The number of sulfonamides is 1. The topological polar surface area (TPSA) is 57.6 Å². The standard InChI is InChI=1S/C19H21NO3S/c1-12-3-8-15(9-4-12)24(22,23)20-11-17-16(18(20)14-6-7-14)10-5-13(2)19(17)21/h3-5,8-10,14,18,21H,6-7,11H2,1-2H3. The molecule has 0 saturated heterocycles. The van der Waals surface area contributed by atoms with E-state index in [-0.39, 0.29) is 18.3 Å². The number of hydrogen-bond donors (Lipinski definition) is 1. The van der Waals surface area contributed by atoms with Crippen LogP contribution >= 0.6 is 0 Å². The maximum absolute atomic E-state index is 13.2. The third-order valence-electron chi connectivity index (χ3n) is 5.16. The summed E-state index contributed by atoms with van der Waals surface area (Å²) in [4.78, 5) is 0.322. The van der Waals surface area contributed by atoms with Crippen molar-refractivity contribution in [2.24, 2.45) is 5.92 Å². The first-order valence-corrected chi connectivity index (χ1v) is 9.73. The first-order valence-electron chi connectivity index (χ1n) is 8.29. The summed E-state index contributed by atoms with van der Waals surface area (Å²) in [5.74, 6) is 0.591. The van der Waals surface area contributed by atoms with Gasteiger partial charge in [-0.2, -0.15) is 4.31 Å². The van der Waals surface area contributed by atoms with Gasteiger partial charge in [0.15, 0.2) is 0 Å². The summed E-state index contributed by atoms with van der Waals surface area (Å²) >= 11 is 0. The molecular formula is C19H21NO3S. The lowest BCUT2D eigenvalue weighted by atomic mass is 9.99. The number of aromatic hydroxyl groups is 1. The average molecular weight is 343 g/mol. The molecule has 0 radical (unpaired) electrons. The Morgan fingerprint density at radius 3 is 2.33 bits per heavy atom. The Hall–Kier alpha value is -1.85. The monoisotopic (exact) mass is 343 g/mol. The molecule has 0 bridgehead atoms. The van der Waals surface area contributed by atoms with Gasteiger partial charge in [0.2, 0.25) is 10.0 Å². The fourth-order valence-electron chi connectivity index (χ4n) is 3.60. The number of hydrogen-bond acceptors (Lipinski definition) is 3. The second kappa shape index (κ2) is 5.33. The Bertz CT molecular complexity index is 899. The summed E-state index contributed by atoms with van der Waals surface area (Å²) < 4.78 is 28.0. The SMILES string of the molecule is Cc1ccc(S(=O)(=O)N2Cc3c(ccc(C)c3O)C2C2CC2)cc1. The molecule has 0 spiro atoms. The number of phenolic OH excluding ortho intramolecular Hbond substituents is 1. The van der Waals surface area contributed by atoms with Crippen LogP contribution < -0.4 is 0 Å². The van der Waals surface area contributed by atoms with E-state index in [1.54, 1.807) is 16.4 Å². The quantitative estimate of drug-likeness (QED) is 0.925. The summed E-state index contributed by atoms with van der Waals surface area (Å²) in [6.07, 6.45) is 2.08. The van der Waals surface area contributed by atoms with Crippen molar-refractivity contribution >= 4 is 10.0 Å². The third-order valence-corrected chi connectivity index (χ3v) is 7.00. The molecule has 24 heavy (non-hydrogen) atoms. The molecule has 1 unspecified atom stereocenters. The van der Waals surface area contributed by atoms with Gasteiger partial charge >= 0.3 is 0 Å². The molecule has 4 nitrogen and oxygen atoms in total. The van der Waals surface area contributed by atoms with E-state index in [4.69, 9.17) is 0 Å². The van der Waals surface area contributed by atoms with Crippen LogP contribution in [0.15, 0.2) is 41.3 Å². The second-order valence-corrected chi connectivity index (χ2v) is 8.83. The highest BCUT2D eigenvalue weighted by Crippen LogP contribution is 2.53. The van der Waals surface area contributed by atoms with Gasteiger partial charge in [-0.15, -0.1) is 0 Å². The Morgan fingerprint density at radius 2 is 1.71 bits per heavy atom. The van der Waals surface area contributed by atoms with E-state index in [9.17, 15) is 13.5 Å². The van der Waals surface area contributed by atoms with Crippen molar-refractivity contribution in [1.29, 1.82) is 0 Å². The molecule has 1 atom stereocenters. The number of benzene rings is 2. The molecule has 1 fully saturated rings. The molecule has 2 aromatic carbocycles. The van der Waals surface area contributed by atoms with Crippen LogP contribution in [0.4, 0.5) is 0 Å². The van der Waals surface area contributed by atoms with Crippen LogP contribution in [0.3, 0.4) is 0 Å². The van der Waals surface area contributed by atoms with Crippen LogP contribution in [0.5, 0.6) is 5.75 Å². The van der Waals surface area contributed by atoms with Crippen molar-refractivity contribution in [3.63, 3.8) is 0 Å². The van der Waals surface area contributed by atoms with Crippen molar-refractivity contribution in [1.82, 2.24) is 4.31 Å². The first-order chi connectivity index (χ1) is 11.4. The number of aryl methyl sites for hydroxylation is 2. The minimum Gasteiger partial charge on any atom is -0.507 e. The van der Waals surface area contributed by atoms with Crippen LogP contribution in [-0.4, -0.2) is 17.8 Å². The minimum atomic E-state index is -3.58. The van der Waals surface area contributed by atoms with Gasteiger partial charge in [-0.05, 0) is 55.9 Å². The lowest BCUT2D eigenvalue weighted by molar-refractivity contribution is 0.320. The molecule has 5 heteroatoms. The predicted octanol–water partition coefficient (Wildman–Crippen LogP) is 3.66. The van der Waals surface area contributed by atoms with Gasteiger partial charge in [-0.1, -0.05) is 29.8 Å². The summed E-state index contributed by atoms with van der Waals surface area (Å²) in [7, 11) is -3.58. The van der Waals surface area contributed by atoms with Gasteiger partial charge < -0.3 is 5.11 Å². The summed E-state index contributed by atoms with van der Waals surface area (Å²) in [5, 5.41) is 10.4.